The molecule has 3 aliphatic rings. The van der Waals surface area contributed by atoms with Crippen LogP contribution in [0.3, 0.4) is 0 Å². The molecule has 0 spiro atoms. The number of rotatable bonds is 7. The largest absolute Gasteiger partial charge is 0.483 e. The summed E-state index contributed by atoms with van der Waals surface area (Å²) in [5, 5.41) is 7.78. The molecule has 2 aromatic carbocycles. The molecular weight excluding hydrogens is 451 g/mol. The number of halogens is 1. The van der Waals surface area contributed by atoms with Gasteiger partial charge in [-0.25, -0.2) is 4.39 Å². The summed E-state index contributed by atoms with van der Waals surface area (Å²) in [6.45, 7) is -0.324. The van der Waals surface area contributed by atoms with Gasteiger partial charge in [0.15, 0.2) is 6.61 Å². The molecule has 180 valence electrons. The van der Waals surface area contributed by atoms with Crippen molar-refractivity contribution in [2.45, 2.75) is 6.42 Å². The molecule has 1 N–H and O–H groups in total. The zero-order valence-electron chi connectivity index (χ0n) is 19.3. The highest BCUT2D eigenvalue weighted by molar-refractivity contribution is 6.07. The molecule has 9 heteroatoms. The fourth-order valence-electron chi connectivity index (χ4n) is 5.06. The van der Waals surface area contributed by atoms with E-state index < -0.39 is 11.7 Å². The molecule has 35 heavy (non-hydrogen) atoms. The van der Waals surface area contributed by atoms with Crippen LogP contribution in [-0.4, -0.2) is 49.6 Å². The third kappa shape index (κ3) is 4.29. The summed E-state index contributed by atoms with van der Waals surface area (Å²) in [6, 6.07) is 10.9. The maximum atomic E-state index is 13.4. The Morgan fingerprint density at radius 3 is 2.51 bits per heavy atom. The van der Waals surface area contributed by atoms with Crippen LogP contribution in [0.1, 0.15) is 12.0 Å². The molecule has 2 aliphatic carbocycles. The molecule has 1 heterocycles. The van der Waals surface area contributed by atoms with Crippen molar-refractivity contribution in [2.24, 2.45) is 28.8 Å². The van der Waals surface area contributed by atoms with Crippen molar-refractivity contribution < 1.29 is 23.5 Å². The minimum absolute atomic E-state index is 0.108. The van der Waals surface area contributed by atoms with Gasteiger partial charge in [-0.05, 0) is 48.6 Å². The molecular formula is C26H25FN4O4. The Morgan fingerprint density at radius 1 is 1.14 bits per heavy atom. The Bertz CT molecular complexity index is 1230. The van der Waals surface area contributed by atoms with Gasteiger partial charge in [-0.1, -0.05) is 18.2 Å². The van der Waals surface area contributed by atoms with Crippen molar-refractivity contribution in [3.8, 4) is 5.75 Å². The minimum atomic E-state index is -0.463. The fraction of sp³-hybridized carbons (Fsp3) is 0.308. The van der Waals surface area contributed by atoms with Crippen LogP contribution >= 0.6 is 0 Å². The lowest BCUT2D eigenvalue weighted by molar-refractivity contribution is -0.140. The first-order valence-electron chi connectivity index (χ1n) is 11.4. The van der Waals surface area contributed by atoms with E-state index in [1.165, 1.54) is 24.4 Å². The number of ether oxygens (including phenoxy) is 1. The summed E-state index contributed by atoms with van der Waals surface area (Å²) in [7, 11) is 3.73. The first-order chi connectivity index (χ1) is 16.8. The molecule has 1 aliphatic heterocycles. The van der Waals surface area contributed by atoms with E-state index in [-0.39, 0.29) is 42.1 Å². The number of nitrogens with one attached hydrogen (secondary N) is 1. The number of carbonyl (C=O) groups is 3. The molecule has 4 atom stereocenters. The van der Waals surface area contributed by atoms with E-state index >= 15 is 0 Å². The fourth-order valence-corrected chi connectivity index (χ4v) is 5.06. The molecule has 5 rings (SSSR count). The monoisotopic (exact) mass is 476 g/mol. The average molecular weight is 477 g/mol. The quantitative estimate of drug-likeness (QED) is 0.377. The molecule has 2 bridgehead atoms. The van der Waals surface area contributed by atoms with Gasteiger partial charge in [0.05, 0.1) is 18.1 Å². The standard InChI is InChI=1S/C26H25FN4O4/c1-30(2)20-9-8-17(21(12-20)35-14-22(32)29-19-5-3-4-18(27)11-19)13-28-31-25(33)23-15-6-7-16(10-15)24(23)26(31)34/h3-9,11-13,15-16,23-24H,10,14H2,1-2H3,(H,29,32)/t15-,16-,23-,24+/m0/s1. The minimum Gasteiger partial charge on any atom is -0.483 e. The van der Waals surface area contributed by atoms with Crippen molar-refractivity contribution in [1.29, 1.82) is 0 Å². The maximum absolute atomic E-state index is 13.4. The highest BCUT2D eigenvalue weighted by Gasteiger charge is 2.59. The molecule has 0 unspecified atom stereocenters. The zero-order valence-corrected chi connectivity index (χ0v) is 19.3. The van der Waals surface area contributed by atoms with E-state index in [0.717, 1.165) is 17.1 Å². The molecule has 8 nitrogen and oxygen atoms in total. The topological polar surface area (TPSA) is 91.3 Å². The van der Waals surface area contributed by atoms with Gasteiger partial charge in [0, 0.05) is 37.1 Å². The van der Waals surface area contributed by atoms with Crippen LogP contribution in [0.25, 0.3) is 0 Å². The van der Waals surface area contributed by atoms with Gasteiger partial charge in [-0.2, -0.15) is 10.1 Å². The number of carbonyl (C=O) groups excluding carboxylic acids is 3. The molecule has 2 fully saturated rings. The number of benzene rings is 2. The lowest BCUT2D eigenvalue weighted by atomic mass is 9.85. The number of hydrogen-bond acceptors (Lipinski definition) is 6. The first-order valence-corrected chi connectivity index (χ1v) is 11.4. The maximum Gasteiger partial charge on any atom is 0.262 e. The average Bonchev–Trinajstić information content (AvgIpc) is 3.51. The highest BCUT2D eigenvalue weighted by atomic mass is 19.1. The van der Waals surface area contributed by atoms with Gasteiger partial charge in [0.25, 0.3) is 17.7 Å². The lowest BCUT2D eigenvalue weighted by Gasteiger charge is -2.16. The molecule has 1 saturated heterocycles. The van der Waals surface area contributed by atoms with Crippen LogP contribution in [0.15, 0.2) is 59.7 Å². The number of allylic oxidation sites excluding steroid dienone is 2. The summed E-state index contributed by atoms with van der Waals surface area (Å²) in [5.41, 5.74) is 1.66. The Morgan fingerprint density at radius 2 is 1.86 bits per heavy atom. The van der Waals surface area contributed by atoms with E-state index in [1.807, 2.05) is 37.2 Å². The number of amides is 3. The number of imide groups is 1. The Labute approximate surface area is 202 Å². The van der Waals surface area contributed by atoms with Gasteiger partial charge >= 0.3 is 0 Å². The molecule has 0 aromatic heterocycles. The summed E-state index contributed by atoms with van der Waals surface area (Å²) in [5.74, 6) is -1.54. The van der Waals surface area contributed by atoms with Crippen LogP contribution in [-0.2, 0) is 14.4 Å². The molecule has 1 saturated carbocycles. The second kappa shape index (κ2) is 8.98. The third-order valence-corrected chi connectivity index (χ3v) is 6.74. The number of anilines is 2. The van der Waals surface area contributed by atoms with E-state index in [9.17, 15) is 18.8 Å². The van der Waals surface area contributed by atoms with Gasteiger partial charge in [-0.3, -0.25) is 14.4 Å². The van der Waals surface area contributed by atoms with Crippen LogP contribution < -0.4 is 15.0 Å². The highest BCUT2D eigenvalue weighted by Crippen LogP contribution is 2.52. The van der Waals surface area contributed by atoms with E-state index in [4.69, 9.17) is 4.74 Å². The number of hydrazone groups is 1. The lowest BCUT2D eigenvalue weighted by Crippen LogP contribution is -2.28. The van der Waals surface area contributed by atoms with Gasteiger partial charge in [-0.15, -0.1) is 0 Å². The molecule has 2 aromatic rings. The van der Waals surface area contributed by atoms with Crippen LogP contribution in [0, 0.1) is 29.5 Å². The second-order valence-corrected chi connectivity index (χ2v) is 9.20. The SMILES string of the molecule is CN(C)c1ccc(C=NN2C(=O)[C@@H]3[C@H](C2=O)[C@H]2C=C[C@H]3C2)c(OCC(=O)Nc2cccc(F)c2)c1. The van der Waals surface area contributed by atoms with Crippen LogP contribution in [0.2, 0.25) is 0 Å². The van der Waals surface area contributed by atoms with Crippen molar-refractivity contribution in [3.63, 3.8) is 0 Å². The van der Waals surface area contributed by atoms with Crippen molar-refractivity contribution in [1.82, 2.24) is 5.01 Å². The summed E-state index contributed by atoms with van der Waals surface area (Å²) in [6.07, 6.45) is 6.33. The zero-order chi connectivity index (χ0) is 24.7. The summed E-state index contributed by atoms with van der Waals surface area (Å²) >= 11 is 0. The van der Waals surface area contributed by atoms with Crippen molar-refractivity contribution in [2.75, 3.05) is 30.9 Å². The summed E-state index contributed by atoms with van der Waals surface area (Å²) < 4.78 is 19.1. The third-order valence-electron chi connectivity index (χ3n) is 6.74. The normalized spacial score (nSPS) is 24.4. The van der Waals surface area contributed by atoms with Gasteiger partial charge < -0.3 is 15.0 Å². The predicted octanol–water partition coefficient (Wildman–Crippen LogP) is 3.05. The van der Waals surface area contributed by atoms with E-state index in [1.54, 1.807) is 18.2 Å². The van der Waals surface area contributed by atoms with Crippen LogP contribution in [0.5, 0.6) is 5.75 Å². The predicted molar refractivity (Wildman–Crippen MR) is 128 cm³/mol. The van der Waals surface area contributed by atoms with Crippen LogP contribution in [0.4, 0.5) is 15.8 Å². The number of fused-ring (bicyclic) bond motifs is 5. The Balaban J connectivity index is 1.32. The second-order valence-electron chi connectivity index (χ2n) is 9.20. The molecule has 3 amide bonds. The van der Waals surface area contributed by atoms with Crippen molar-refractivity contribution in [3.05, 3.63) is 66.0 Å². The van der Waals surface area contributed by atoms with Crippen molar-refractivity contribution >= 4 is 35.3 Å². The van der Waals surface area contributed by atoms with E-state index in [2.05, 4.69) is 10.4 Å². The number of hydrogen-bond donors (Lipinski definition) is 1. The Kier molecular flexibility index (Phi) is 5.84. The van der Waals surface area contributed by atoms with E-state index in [0.29, 0.717) is 17.0 Å². The molecule has 0 radical (unpaired) electrons. The van der Waals surface area contributed by atoms with Gasteiger partial charge in [0.2, 0.25) is 0 Å². The number of nitrogens with zero attached hydrogens (tertiary/aromatic N) is 3. The Hall–Kier alpha value is -4.01. The van der Waals surface area contributed by atoms with Gasteiger partial charge in [0.1, 0.15) is 11.6 Å². The summed E-state index contributed by atoms with van der Waals surface area (Å²) in [4.78, 5) is 40.0. The first kappa shape index (κ1) is 22.8. The smallest absolute Gasteiger partial charge is 0.262 e.